The fraction of sp³-hybridized carbons (Fsp3) is 0.533. The highest BCUT2D eigenvalue weighted by Gasteiger charge is 2.32. The predicted octanol–water partition coefficient (Wildman–Crippen LogP) is 1.37. The minimum absolute atomic E-state index is 0.222. The summed E-state index contributed by atoms with van der Waals surface area (Å²) in [4.78, 5) is 13.7. The molecule has 20 heavy (non-hydrogen) atoms. The van der Waals surface area contributed by atoms with Crippen molar-refractivity contribution in [3.05, 3.63) is 29.8 Å². The Labute approximate surface area is 119 Å². The molecule has 0 spiro atoms. The second-order valence-corrected chi connectivity index (χ2v) is 4.97. The third-order valence-corrected chi connectivity index (χ3v) is 3.72. The number of rotatable bonds is 5. The van der Waals surface area contributed by atoms with Crippen molar-refractivity contribution in [2.45, 2.75) is 25.0 Å². The number of nitrogens with zero attached hydrogens (tertiary/aromatic N) is 1. The molecule has 2 unspecified atom stereocenters. The van der Waals surface area contributed by atoms with Crippen LogP contribution < -0.4 is 4.74 Å². The van der Waals surface area contributed by atoms with Crippen molar-refractivity contribution in [3.63, 3.8) is 0 Å². The molecule has 0 aliphatic carbocycles. The van der Waals surface area contributed by atoms with Crippen molar-refractivity contribution in [1.82, 2.24) is 4.90 Å². The van der Waals surface area contributed by atoms with Crippen LogP contribution in [-0.2, 0) is 9.53 Å². The van der Waals surface area contributed by atoms with E-state index in [4.69, 9.17) is 9.47 Å². The van der Waals surface area contributed by atoms with Crippen LogP contribution in [0.4, 0.5) is 0 Å². The van der Waals surface area contributed by atoms with Crippen LogP contribution in [0.1, 0.15) is 24.5 Å². The number of carbonyl (C=O) groups is 1. The highest BCUT2D eigenvalue weighted by molar-refractivity contribution is 5.75. The van der Waals surface area contributed by atoms with E-state index in [2.05, 4.69) is 0 Å². The zero-order valence-electron chi connectivity index (χ0n) is 11.9. The predicted molar refractivity (Wildman–Crippen MR) is 74.6 cm³/mol. The Bertz CT molecular complexity index is 463. The second-order valence-electron chi connectivity index (χ2n) is 4.97. The van der Waals surface area contributed by atoms with E-state index in [-0.39, 0.29) is 12.0 Å². The van der Waals surface area contributed by atoms with Crippen molar-refractivity contribution in [1.29, 1.82) is 0 Å². The summed E-state index contributed by atoms with van der Waals surface area (Å²) in [6.07, 6.45) is 1.10. The molecular weight excluding hydrogens is 258 g/mol. The first-order valence-electron chi connectivity index (χ1n) is 6.79. The average Bonchev–Trinajstić information content (AvgIpc) is 2.94. The topological polar surface area (TPSA) is 59.0 Å². The number of ether oxygens (including phenoxy) is 2. The normalized spacial score (nSPS) is 20.6. The summed E-state index contributed by atoms with van der Waals surface area (Å²) in [5.41, 5.74) is 0.792. The molecule has 0 aromatic heterocycles. The largest absolute Gasteiger partial charge is 0.497 e. The first kappa shape index (κ1) is 14.8. The maximum atomic E-state index is 11.7. The summed E-state index contributed by atoms with van der Waals surface area (Å²) < 4.78 is 9.96. The van der Waals surface area contributed by atoms with Crippen LogP contribution in [0.5, 0.6) is 5.75 Å². The summed E-state index contributed by atoms with van der Waals surface area (Å²) in [5.74, 6) is 0.493. The first-order chi connectivity index (χ1) is 9.65. The number of β-amino-alcohol motifs (C(OH)–C–C–N with tert-alkyl or cyclic N) is 1. The highest BCUT2D eigenvalue weighted by atomic mass is 16.5. The van der Waals surface area contributed by atoms with Gasteiger partial charge in [0.1, 0.15) is 11.8 Å². The van der Waals surface area contributed by atoms with E-state index in [0.717, 1.165) is 24.9 Å². The Hall–Kier alpha value is -1.59. The molecule has 1 N–H and O–H groups in total. The van der Waals surface area contributed by atoms with Crippen LogP contribution in [0, 0.1) is 0 Å². The minimum Gasteiger partial charge on any atom is -0.497 e. The van der Waals surface area contributed by atoms with Crippen molar-refractivity contribution >= 4 is 5.97 Å². The molecule has 0 amide bonds. The van der Waals surface area contributed by atoms with Crippen LogP contribution >= 0.6 is 0 Å². The van der Waals surface area contributed by atoms with E-state index in [1.54, 1.807) is 7.11 Å². The molecule has 5 nitrogen and oxygen atoms in total. The van der Waals surface area contributed by atoms with Crippen LogP contribution in [0.15, 0.2) is 24.3 Å². The fourth-order valence-corrected chi connectivity index (χ4v) is 2.62. The Kier molecular flexibility index (Phi) is 4.98. The number of hydrogen-bond donors (Lipinski definition) is 1. The van der Waals surface area contributed by atoms with E-state index in [1.165, 1.54) is 7.11 Å². The molecule has 110 valence electrons. The van der Waals surface area contributed by atoms with E-state index < -0.39 is 6.10 Å². The number of carbonyl (C=O) groups excluding carboxylic acids is 1. The zero-order valence-corrected chi connectivity index (χ0v) is 11.9. The summed E-state index contributed by atoms with van der Waals surface area (Å²) in [6, 6.07) is 7.12. The molecule has 1 heterocycles. The minimum atomic E-state index is -0.643. The third kappa shape index (κ3) is 3.29. The van der Waals surface area contributed by atoms with Gasteiger partial charge in [-0.05, 0) is 37.1 Å². The SMILES string of the molecule is COC(=O)C1CCCN1CC(O)c1cccc(OC)c1. The number of esters is 1. The van der Waals surface area contributed by atoms with E-state index in [9.17, 15) is 9.90 Å². The zero-order chi connectivity index (χ0) is 14.5. The van der Waals surface area contributed by atoms with Gasteiger partial charge in [0.05, 0.1) is 20.3 Å². The lowest BCUT2D eigenvalue weighted by molar-refractivity contribution is -0.146. The van der Waals surface area contributed by atoms with Gasteiger partial charge in [-0.1, -0.05) is 12.1 Å². The Morgan fingerprint density at radius 3 is 3.00 bits per heavy atom. The number of aliphatic hydroxyl groups is 1. The molecule has 1 aromatic rings. The van der Waals surface area contributed by atoms with Crippen LogP contribution in [0.3, 0.4) is 0 Å². The average molecular weight is 279 g/mol. The molecule has 1 saturated heterocycles. The Morgan fingerprint density at radius 2 is 2.30 bits per heavy atom. The smallest absolute Gasteiger partial charge is 0.323 e. The molecule has 0 bridgehead atoms. The summed E-state index contributed by atoms with van der Waals surface area (Å²) in [7, 11) is 3.00. The van der Waals surface area contributed by atoms with Gasteiger partial charge in [-0.3, -0.25) is 9.69 Å². The van der Waals surface area contributed by atoms with Crippen LogP contribution in [0.2, 0.25) is 0 Å². The maximum absolute atomic E-state index is 11.7. The molecule has 0 radical (unpaired) electrons. The molecule has 1 aliphatic heterocycles. The summed E-state index contributed by atoms with van der Waals surface area (Å²) in [5, 5.41) is 10.3. The summed E-state index contributed by atoms with van der Waals surface area (Å²) in [6.45, 7) is 1.23. The van der Waals surface area contributed by atoms with Crippen LogP contribution in [0.25, 0.3) is 0 Å². The van der Waals surface area contributed by atoms with Gasteiger partial charge in [-0.15, -0.1) is 0 Å². The van der Waals surface area contributed by atoms with Gasteiger partial charge in [0, 0.05) is 6.54 Å². The van der Waals surface area contributed by atoms with Gasteiger partial charge in [0.15, 0.2) is 0 Å². The molecule has 1 fully saturated rings. The molecule has 1 aliphatic rings. The molecule has 0 saturated carbocycles. The van der Waals surface area contributed by atoms with Gasteiger partial charge in [-0.2, -0.15) is 0 Å². The Balaban J connectivity index is 2.03. The van der Waals surface area contributed by atoms with Gasteiger partial charge in [0.25, 0.3) is 0 Å². The number of aliphatic hydroxyl groups excluding tert-OH is 1. The van der Waals surface area contributed by atoms with Crippen molar-refractivity contribution in [3.8, 4) is 5.75 Å². The lowest BCUT2D eigenvalue weighted by Crippen LogP contribution is -2.39. The molecule has 5 heteroatoms. The lowest BCUT2D eigenvalue weighted by Gasteiger charge is -2.25. The van der Waals surface area contributed by atoms with Crippen molar-refractivity contribution in [2.24, 2.45) is 0 Å². The van der Waals surface area contributed by atoms with E-state index in [1.807, 2.05) is 29.2 Å². The molecular formula is C15H21NO4. The molecule has 2 rings (SSSR count). The second kappa shape index (κ2) is 6.72. The van der Waals surface area contributed by atoms with Gasteiger partial charge < -0.3 is 14.6 Å². The molecule has 1 aromatic carbocycles. The third-order valence-electron chi connectivity index (χ3n) is 3.72. The number of benzene rings is 1. The first-order valence-corrected chi connectivity index (χ1v) is 6.79. The Morgan fingerprint density at radius 1 is 1.50 bits per heavy atom. The lowest BCUT2D eigenvalue weighted by atomic mass is 10.1. The maximum Gasteiger partial charge on any atom is 0.323 e. The van der Waals surface area contributed by atoms with Gasteiger partial charge >= 0.3 is 5.97 Å². The molecule has 2 atom stereocenters. The van der Waals surface area contributed by atoms with Crippen LogP contribution in [-0.4, -0.2) is 49.3 Å². The van der Waals surface area contributed by atoms with Gasteiger partial charge in [0.2, 0.25) is 0 Å². The standard InChI is InChI=1S/C15H21NO4/c1-19-12-6-3-5-11(9-12)14(17)10-16-8-4-7-13(16)15(18)20-2/h3,5-6,9,13-14,17H,4,7-8,10H2,1-2H3. The van der Waals surface area contributed by atoms with Crippen molar-refractivity contribution in [2.75, 3.05) is 27.3 Å². The highest BCUT2D eigenvalue weighted by Crippen LogP contribution is 2.24. The van der Waals surface area contributed by atoms with Crippen molar-refractivity contribution < 1.29 is 19.4 Å². The summed E-state index contributed by atoms with van der Waals surface area (Å²) >= 11 is 0. The number of hydrogen-bond acceptors (Lipinski definition) is 5. The quantitative estimate of drug-likeness (QED) is 0.825. The van der Waals surface area contributed by atoms with Gasteiger partial charge in [-0.25, -0.2) is 0 Å². The fourth-order valence-electron chi connectivity index (χ4n) is 2.62. The number of likely N-dealkylation sites (tertiary alicyclic amines) is 1. The van der Waals surface area contributed by atoms with E-state index >= 15 is 0 Å². The number of methoxy groups -OCH3 is 2. The monoisotopic (exact) mass is 279 g/mol. The van der Waals surface area contributed by atoms with E-state index in [0.29, 0.717) is 12.3 Å².